The van der Waals surface area contributed by atoms with Crippen molar-refractivity contribution < 1.29 is 0 Å². The highest BCUT2D eigenvalue weighted by molar-refractivity contribution is 14.1. The van der Waals surface area contributed by atoms with Crippen LogP contribution in [0.2, 0.25) is 0 Å². The molecule has 0 fully saturated rings. The maximum atomic E-state index is 7.52. The first-order chi connectivity index (χ1) is 2.41. The molecule has 0 N–H and O–H groups in total. The van der Waals surface area contributed by atoms with Crippen LogP contribution >= 0.6 is 22.6 Å². The van der Waals surface area contributed by atoms with Crippen LogP contribution in [-0.2, 0) is 0 Å². The Hall–Kier alpha value is 0.0400. The van der Waals surface area contributed by atoms with Gasteiger partial charge in [0.1, 0.15) is 0 Å². The molecule has 0 bridgehead atoms. The van der Waals surface area contributed by atoms with Crippen LogP contribution in [-0.4, -0.2) is 4.55 Å². The number of hydrogen-bond acceptors (Lipinski definition) is 1. The Morgan fingerprint density at radius 2 is 2.60 bits per heavy atom. The van der Waals surface area contributed by atoms with E-state index in [0.717, 1.165) is 0 Å². The van der Waals surface area contributed by atoms with Crippen molar-refractivity contribution in [2.75, 3.05) is 4.55 Å². The number of nitrogens with zero attached hydrogens (tertiary/aromatic N) is 3. The smallest absolute Gasteiger partial charge is 0.0783 e. The number of alkyl halides is 1. The lowest BCUT2D eigenvalue weighted by Gasteiger charge is -1.55. The van der Waals surface area contributed by atoms with E-state index >= 15 is 0 Å². The van der Waals surface area contributed by atoms with E-state index in [1.54, 1.807) is 0 Å². The summed E-state index contributed by atoms with van der Waals surface area (Å²) in [6.45, 7) is 0. The molecule has 3 nitrogen and oxygen atoms in total. The van der Waals surface area contributed by atoms with Gasteiger partial charge >= 0.3 is 0 Å². The minimum atomic E-state index is 0.522. The molecule has 0 aliphatic heterocycles. The van der Waals surface area contributed by atoms with Crippen molar-refractivity contribution in [2.24, 2.45) is 5.11 Å². The van der Waals surface area contributed by atoms with Crippen molar-refractivity contribution >= 4 is 22.6 Å². The molecule has 0 aromatic rings. The Labute approximate surface area is 43.1 Å². The summed E-state index contributed by atoms with van der Waals surface area (Å²) in [5.74, 6) is 0. The lowest BCUT2D eigenvalue weighted by atomic mass is 11.6. The van der Waals surface area contributed by atoms with Crippen molar-refractivity contribution in [2.45, 2.75) is 0 Å². The lowest BCUT2D eigenvalue weighted by Crippen LogP contribution is -1.43. The molecule has 28 valence electrons. The molecule has 0 unspecified atom stereocenters. The fraction of sp³-hybridized carbons (Fsp3) is 1.00. The van der Waals surface area contributed by atoms with Crippen molar-refractivity contribution in [1.82, 2.24) is 0 Å². The molecule has 0 aromatic heterocycles. The molecule has 0 atom stereocenters. The van der Waals surface area contributed by atoms with Gasteiger partial charge in [0.2, 0.25) is 0 Å². The summed E-state index contributed by atoms with van der Waals surface area (Å²) in [5, 5.41) is 3.14. The van der Waals surface area contributed by atoms with E-state index in [-0.39, 0.29) is 0 Å². The van der Waals surface area contributed by atoms with E-state index in [4.69, 9.17) is 5.53 Å². The van der Waals surface area contributed by atoms with Crippen molar-refractivity contribution in [3.63, 3.8) is 0 Å². The van der Waals surface area contributed by atoms with E-state index in [0.29, 0.717) is 4.55 Å². The topological polar surface area (TPSA) is 48.8 Å². The molecule has 0 rings (SSSR count). The van der Waals surface area contributed by atoms with E-state index in [1.807, 2.05) is 22.6 Å². The average molecular weight is 183 g/mol. The zero-order valence-electron chi connectivity index (χ0n) is 2.43. The molecular formula is CH2IN3. The van der Waals surface area contributed by atoms with Gasteiger partial charge in [-0.15, -0.1) is 0 Å². The number of halogens is 1. The quantitative estimate of drug-likeness (QED) is 0.148. The van der Waals surface area contributed by atoms with Crippen LogP contribution < -0.4 is 0 Å². The van der Waals surface area contributed by atoms with Crippen LogP contribution in [0.15, 0.2) is 5.11 Å². The van der Waals surface area contributed by atoms with Crippen LogP contribution in [0.3, 0.4) is 0 Å². The van der Waals surface area contributed by atoms with Gasteiger partial charge in [-0.3, -0.25) is 0 Å². The molecular weight excluding hydrogens is 181 g/mol. The molecule has 0 aromatic carbocycles. The Morgan fingerprint density at radius 1 is 2.00 bits per heavy atom. The second-order valence-corrected chi connectivity index (χ2v) is 1.03. The highest BCUT2D eigenvalue weighted by Crippen LogP contribution is 1.78. The summed E-state index contributed by atoms with van der Waals surface area (Å²) in [4.78, 5) is 2.47. The number of rotatable bonds is 1. The summed E-state index contributed by atoms with van der Waals surface area (Å²) < 4.78 is 0.522. The van der Waals surface area contributed by atoms with Crippen LogP contribution in [0.1, 0.15) is 0 Å². The lowest BCUT2D eigenvalue weighted by molar-refractivity contribution is 1.37. The summed E-state index contributed by atoms with van der Waals surface area (Å²) in [7, 11) is 0. The maximum Gasteiger partial charge on any atom is 0.0783 e. The Kier molecular flexibility index (Phi) is 4.07. The molecule has 0 amide bonds. The number of hydrogen-bond donors (Lipinski definition) is 0. The fourth-order valence-corrected chi connectivity index (χ4v) is 0.160. The SMILES string of the molecule is [N-]=[N+]=NCI. The van der Waals surface area contributed by atoms with Crippen LogP contribution in [0.5, 0.6) is 0 Å². The largest absolute Gasteiger partial charge is 0.0835 e. The monoisotopic (exact) mass is 183 g/mol. The van der Waals surface area contributed by atoms with Gasteiger partial charge in [0.25, 0.3) is 0 Å². The summed E-state index contributed by atoms with van der Waals surface area (Å²) in [5.41, 5.74) is 7.52. The first kappa shape index (κ1) is 5.04. The molecule has 5 heavy (non-hydrogen) atoms. The second kappa shape index (κ2) is 4.04. The predicted octanol–water partition coefficient (Wildman–Crippen LogP) is 1.69. The third kappa shape index (κ3) is 4.04. The van der Waals surface area contributed by atoms with Crippen LogP contribution in [0.4, 0.5) is 0 Å². The van der Waals surface area contributed by atoms with Gasteiger partial charge in [0, 0.05) is 4.91 Å². The standard InChI is InChI=1S/CH2IN3/c2-1-4-5-3/h1H2. The molecule has 0 saturated carbocycles. The van der Waals surface area contributed by atoms with E-state index < -0.39 is 0 Å². The zero-order valence-corrected chi connectivity index (χ0v) is 4.58. The predicted molar refractivity (Wildman–Crippen MR) is 28.0 cm³/mol. The van der Waals surface area contributed by atoms with Crippen molar-refractivity contribution in [3.05, 3.63) is 10.4 Å². The van der Waals surface area contributed by atoms with Crippen LogP contribution in [0.25, 0.3) is 10.4 Å². The van der Waals surface area contributed by atoms with Gasteiger partial charge in [-0.25, -0.2) is 0 Å². The van der Waals surface area contributed by atoms with Crippen molar-refractivity contribution in [3.8, 4) is 0 Å². The highest BCUT2D eigenvalue weighted by atomic mass is 127. The molecule has 4 heteroatoms. The van der Waals surface area contributed by atoms with E-state index in [1.165, 1.54) is 0 Å². The van der Waals surface area contributed by atoms with Gasteiger partial charge in [-0.05, 0) is 5.53 Å². The summed E-state index contributed by atoms with van der Waals surface area (Å²) in [6, 6.07) is 0. The van der Waals surface area contributed by atoms with Gasteiger partial charge in [-0.2, -0.15) is 0 Å². The molecule has 0 radical (unpaired) electrons. The normalized spacial score (nSPS) is 5.80. The number of azide groups is 1. The third-order valence-corrected chi connectivity index (χ3v) is 0.422. The Bertz CT molecular complexity index is 53.9. The van der Waals surface area contributed by atoms with Gasteiger partial charge in [-0.1, -0.05) is 27.7 Å². The second-order valence-electron chi connectivity index (χ2n) is 0.350. The molecule has 0 heterocycles. The zero-order chi connectivity index (χ0) is 4.12. The first-order valence-electron chi connectivity index (χ1n) is 0.983. The van der Waals surface area contributed by atoms with E-state index in [2.05, 4.69) is 10.0 Å². The summed E-state index contributed by atoms with van der Waals surface area (Å²) >= 11 is 1.97. The average Bonchev–Trinajstić information content (AvgIpc) is 1.41. The molecule has 0 saturated heterocycles. The first-order valence-corrected chi connectivity index (χ1v) is 2.51. The minimum absolute atomic E-state index is 0.522. The minimum Gasteiger partial charge on any atom is -0.0835 e. The summed E-state index contributed by atoms with van der Waals surface area (Å²) in [6.07, 6.45) is 0. The molecule has 0 spiro atoms. The third-order valence-electron chi connectivity index (χ3n) is 0.117. The van der Waals surface area contributed by atoms with Crippen LogP contribution in [0, 0.1) is 0 Å². The Balaban J connectivity index is 2.93. The van der Waals surface area contributed by atoms with Crippen molar-refractivity contribution in [1.29, 1.82) is 0 Å². The van der Waals surface area contributed by atoms with Gasteiger partial charge in [0.05, 0.1) is 4.55 Å². The maximum absolute atomic E-state index is 7.52. The van der Waals surface area contributed by atoms with E-state index in [9.17, 15) is 0 Å². The fourth-order valence-electron chi connectivity index (χ4n) is 0.0239. The Morgan fingerprint density at radius 3 is 2.60 bits per heavy atom. The molecule has 0 aliphatic carbocycles. The highest BCUT2D eigenvalue weighted by Gasteiger charge is 1.53. The van der Waals surface area contributed by atoms with Gasteiger partial charge < -0.3 is 0 Å². The van der Waals surface area contributed by atoms with Gasteiger partial charge in [0.15, 0.2) is 0 Å². The molecule has 0 aliphatic rings.